The Morgan fingerprint density at radius 1 is 1.05 bits per heavy atom. The van der Waals surface area contributed by atoms with Crippen molar-refractivity contribution in [2.45, 2.75) is 26.7 Å². The first-order valence-corrected chi connectivity index (χ1v) is 7.55. The highest BCUT2D eigenvalue weighted by Crippen LogP contribution is 2.00. The van der Waals surface area contributed by atoms with Gasteiger partial charge in [0, 0.05) is 24.7 Å². The fourth-order valence-electron chi connectivity index (χ4n) is 1.73. The van der Waals surface area contributed by atoms with Gasteiger partial charge < -0.3 is 10.6 Å². The molecule has 0 fully saturated rings. The van der Waals surface area contributed by atoms with Crippen LogP contribution in [0.15, 0.2) is 48.1 Å². The molecule has 2 N–H and O–H groups in total. The van der Waals surface area contributed by atoms with Crippen LogP contribution in [-0.4, -0.2) is 24.9 Å². The fraction of sp³-hybridized carbons (Fsp3) is 0.333. The molecule has 0 spiro atoms. The molecule has 0 saturated heterocycles. The van der Waals surface area contributed by atoms with Crippen LogP contribution in [0.2, 0.25) is 0 Å². The normalized spacial score (nSPS) is 11.5. The first-order chi connectivity index (χ1) is 10.6. The minimum absolute atomic E-state index is 0.0302. The van der Waals surface area contributed by atoms with E-state index < -0.39 is 0 Å². The Morgan fingerprint density at radius 3 is 2.32 bits per heavy atom. The lowest BCUT2D eigenvalue weighted by Gasteiger charge is -2.05. The summed E-state index contributed by atoms with van der Waals surface area (Å²) < 4.78 is 0. The van der Waals surface area contributed by atoms with Gasteiger partial charge in [0.1, 0.15) is 0 Å². The Morgan fingerprint density at radius 2 is 1.68 bits per heavy atom. The lowest BCUT2D eigenvalue weighted by molar-refractivity contribution is -0.118. The van der Waals surface area contributed by atoms with Gasteiger partial charge in [0.25, 0.3) is 0 Å². The zero-order valence-corrected chi connectivity index (χ0v) is 13.3. The van der Waals surface area contributed by atoms with E-state index in [1.807, 2.05) is 37.3 Å². The third-order valence-electron chi connectivity index (χ3n) is 3.21. The van der Waals surface area contributed by atoms with Gasteiger partial charge in [0.2, 0.25) is 11.8 Å². The van der Waals surface area contributed by atoms with E-state index in [-0.39, 0.29) is 11.8 Å². The van der Waals surface area contributed by atoms with Crippen molar-refractivity contribution >= 4 is 17.9 Å². The smallest absolute Gasteiger partial charge is 0.246 e. The Hall–Kier alpha value is -2.36. The summed E-state index contributed by atoms with van der Waals surface area (Å²) in [6.07, 6.45) is 6.78. The first kappa shape index (κ1) is 17.7. The third-order valence-corrected chi connectivity index (χ3v) is 3.21. The number of allylic oxidation sites excluding steroid dienone is 1. The maximum atomic E-state index is 11.6. The molecule has 0 aliphatic rings. The molecule has 0 unspecified atom stereocenters. The predicted octanol–water partition coefficient (Wildman–Crippen LogP) is 2.68. The van der Waals surface area contributed by atoms with Crippen molar-refractivity contribution in [1.82, 2.24) is 10.6 Å². The van der Waals surface area contributed by atoms with Gasteiger partial charge in [-0.1, -0.05) is 36.4 Å². The SMILES string of the molecule is C/C=C(\C)C(=O)NCCCCNC(=O)C=Cc1ccccc1. The number of nitrogens with one attached hydrogen (secondary N) is 2. The predicted molar refractivity (Wildman–Crippen MR) is 90.2 cm³/mol. The Labute approximate surface area is 132 Å². The lowest BCUT2D eigenvalue weighted by Crippen LogP contribution is -2.27. The summed E-state index contributed by atoms with van der Waals surface area (Å²) in [5, 5.41) is 5.66. The highest BCUT2D eigenvalue weighted by Gasteiger charge is 2.01. The Bertz CT molecular complexity index is 533. The second kappa shape index (κ2) is 10.4. The highest BCUT2D eigenvalue weighted by atomic mass is 16.2. The van der Waals surface area contributed by atoms with Crippen LogP contribution >= 0.6 is 0 Å². The number of hydrogen-bond donors (Lipinski definition) is 2. The molecule has 0 aliphatic carbocycles. The molecule has 2 amide bonds. The van der Waals surface area contributed by atoms with Gasteiger partial charge in [-0.15, -0.1) is 0 Å². The lowest BCUT2D eigenvalue weighted by atomic mass is 10.2. The summed E-state index contributed by atoms with van der Waals surface area (Å²) in [5.74, 6) is -0.130. The highest BCUT2D eigenvalue weighted by molar-refractivity contribution is 5.92. The molecule has 0 atom stereocenters. The standard InChI is InChI=1S/C18H24N2O2/c1-3-15(2)18(22)20-14-8-7-13-19-17(21)12-11-16-9-5-4-6-10-16/h3-6,9-12H,7-8,13-14H2,1-2H3,(H,19,21)(H,20,22)/b12-11?,15-3+. The average Bonchev–Trinajstić information content (AvgIpc) is 2.56. The van der Waals surface area contributed by atoms with Gasteiger partial charge in [0.15, 0.2) is 0 Å². The van der Waals surface area contributed by atoms with Gasteiger partial charge in [-0.25, -0.2) is 0 Å². The first-order valence-electron chi connectivity index (χ1n) is 7.55. The Balaban J connectivity index is 2.11. The average molecular weight is 300 g/mol. The number of amides is 2. The van der Waals surface area contributed by atoms with E-state index in [2.05, 4.69) is 10.6 Å². The van der Waals surface area contributed by atoms with E-state index in [4.69, 9.17) is 0 Å². The van der Waals surface area contributed by atoms with Gasteiger partial charge in [-0.3, -0.25) is 9.59 Å². The van der Waals surface area contributed by atoms with E-state index >= 15 is 0 Å². The molecular formula is C18H24N2O2. The summed E-state index contributed by atoms with van der Waals surface area (Å²) in [7, 11) is 0. The second-order valence-corrected chi connectivity index (χ2v) is 4.97. The van der Waals surface area contributed by atoms with Crippen molar-refractivity contribution in [1.29, 1.82) is 0 Å². The molecule has 0 bridgehead atoms. The Kier molecular flexibility index (Phi) is 8.35. The van der Waals surface area contributed by atoms with Crippen molar-refractivity contribution in [3.63, 3.8) is 0 Å². The summed E-state index contributed by atoms with van der Waals surface area (Å²) in [4.78, 5) is 23.1. The van der Waals surface area contributed by atoms with Crippen LogP contribution < -0.4 is 10.6 Å². The van der Waals surface area contributed by atoms with Crippen LogP contribution in [0.1, 0.15) is 32.3 Å². The van der Waals surface area contributed by atoms with Crippen molar-refractivity contribution in [3.8, 4) is 0 Å². The monoisotopic (exact) mass is 300 g/mol. The van der Waals surface area contributed by atoms with E-state index in [1.54, 1.807) is 19.1 Å². The number of carbonyl (C=O) groups is 2. The maximum absolute atomic E-state index is 11.6. The zero-order valence-electron chi connectivity index (χ0n) is 13.3. The molecule has 4 nitrogen and oxygen atoms in total. The van der Waals surface area contributed by atoms with Crippen LogP contribution in [0.25, 0.3) is 6.08 Å². The third kappa shape index (κ3) is 7.43. The van der Waals surface area contributed by atoms with Crippen LogP contribution in [0.5, 0.6) is 0 Å². The van der Waals surface area contributed by atoms with Gasteiger partial charge >= 0.3 is 0 Å². The molecule has 118 valence electrons. The van der Waals surface area contributed by atoms with E-state index in [0.717, 1.165) is 24.0 Å². The van der Waals surface area contributed by atoms with E-state index in [1.165, 1.54) is 6.08 Å². The summed E-state index contributed by atoms with van der Waals surface area (Å²) in [5.41, 5.74) is 1.72. The molecule has 1 aromatic rings. The van der Waals surface area contributed by atoms with Crippen LogP contribution in [0.3, 0.4) is 0 Å². The van der Waals surface area contributed by atoms with E-state index in [9.17, 15) is 9.59 Å². The molecule has 4 heteroatoms. The van der Waals surface area contributed by atoms with Crippen molar-refractivity contribution in [3.05, 3.63) is 53.6 Å². The largest absolute Gasteiger partial charge is 0.353 e. The summed E-state index contributed by atoms with van der Waals surface area (Å²) in [6.45, 7) is 4.86. The fourth-order valence-corrected chi connectivity index (χ4v) is 1.73. The molecule has 0 saturated carbocycles. The van der Waals surface area contributed by atoms with Crippen molar-refractivity contribution < 1.29 is 9.59 Å². The molecule has 0 aliphatic heterocycles. The van der Waals surface area contributed by atoms with Crippen molar-refractivity contribution in [2.24, 2.45) is 0 Å². The molecule has 22 heavy (non-hydrogen) atoms. The second-order valence-electron chi connectivity index (χ2n) is 4.97. The molecule has 1 rings (SSSR count). The number of unbranched alkanes of at least 4 members (excludes halogenated alkanes) is 1. The minimum Gasteiger partial charge on any atom is -0.353 e. The quantitative estimate of drug-likeness (QED) is 0.573. The van der Waals surface area contributed by atoms with Crippen LogP contribution in [-0.2, 0) is 9.59 Å². The molecule has 0 radical (unpaired) electrons. The number of rotatable bonds is 8. The summed E-state index contributed by atoms with van der Waals surface area (Å²) >= 11 is 0. The van der Waals surface area contributed by atoms with Gasteiger partial charge in [-0.2, -0.15) is 0 Å². The number of hydrogen-bond acceptors (Lipinski definition) is 2. The van der Waals surface area contributed by atoms with Gasteiger partial charge in [0.05, 0.1) is 0 Å². The van der Waals surface area contributed by atoms with E-state index in [0.29, 0.717) is 13.1 Å². The minimum atomic E-state index is -0.0994. The summed E-state index contributed by atoms with van der Waals surface area (Å²) in [6, 6.07) is 9.69. The van der Waals surface area contributed by atoms with Crippen LogP contribution in [0, 0.1) is 0 Å². The molecule has 0 aromatic heterocycles. The van der Waals surface area contributed by atoms with Gasteiger partial charge in [-0.05, 0) is 38.3 Å². The molecule has 0 heterocycles. The number of benzene rings is 1. The molecule has 1 aromatic carbocycles. The zero-order chi connectivity index (χ0) is 16.2. The maximum Gasteiger partial charge on any atom is 0.246 e. The number of carbonyl (C=O) groups excluding carboxylic acids is 2. The van der Waals surface area contributed by atoms with Crippen molar-refractivity contribution in [2.75, 3.05) is 13.1 Å². The van der Waals surface area contributed by atoms with Crippen LogP contribution in [0.4, 0.5) is 0 Å². The topological polar surface area (TPSA) is 58.2 Å². The molecular weight excluding hydrogens is 276 g/mol.